The van der Waals surface area contributed by atoms with Crippen LogP contribution in [0, 0.1) is 6.92 Å². The van der Waals surface area contributed by atoms with Gasteiger partial charge < -0.3 is 5.32 Å². The summed E-state index contributed by atoms with van der Waals surface area (Å²) in [5, 5.41) is 5.13. The fraction of sp³-hybridized carbons (Fsp3) is 0.0833. The van der Waals surface area contributed by atoms with E-state index in [1.165, 1.54) is 11.3 Å². The molecular weight excluding hydrogens is 322 g/mol. The molecule has 1 amide bonds. The average Bonchev–Trinajstić information content (AvgIpc) is 2.70. The van der Waals surface area contributed by atoms with Gasteiger partial charge in [-0.1, -0.05) is 17.7 Å². The van der Waals surface area contributed by atoms with Crippen LogP contribution in [0.2, 0.25) is 5.02 Å². The number of benzene rings is 1. The third-order valence-electron chi connectivity index (χ3n) is 2.20. The lowest BCUT2D eigenvalue weighted by Gasteiger charge is -2.06. The number of thiophene rings is 1. The predicted octanol–water partition coefficient (Wildman–Crippen LogP) is 4.72. The summed E-state index contributed by atoms with van der Waals surface area (Å²) in [5.41, 5.74) is 2.31. The van der Waals surface area contributed by atoms with Gasteiger partial charge in [-0.05, 0) is 46.6 Å². The second-order valence-corrected chi connectivity index (χ2v) is 6.27. The van der Waals surface area contributed by atoms with Gasteiger partial charge in [0.2, 0.25) is 0 Å². The SMILES string of the molecule is Cc1ccc(Cl)c(NC(=O)c2csc(Br)c2)c1. The van der Waals surface area contributed by atoms with Gasteiger partial charge in [-0.15, -0.1) is 11.3 Å². The van der Waals surface area contributed by atoms with Gasteiger partial charge in [0.05, 0.1) is 20.1 Å². The lowest BCUT2D eigenvalue weighted by atomic mass is 10.2. The molecule has 0 aliphatic rings. The number of aryl methyl sites for hydroxylation is 1. The quantitative estimate of drug-likeness (QED) is 0.847. The molecule has 5 heteroatoms. The van der Waals surface area contributed by atoms with Crippen molar-refractivity contribution in [2.24, 2.45) is 0 Å². The minimum Gasteiger partial charge on any atom is -0.321 e. The van der Waals surface area contributed by atoms with Crippen LogP contribution in [0.1, 0.15) is 15.9 Å². The van der Waals surface area contributed by atoms with Crippen molar-refractivity contribution in [3.05, 3.63) is 49.6 Å². The van der Waals surface area contributed by atoms with Crippen LogP contribution in [-0.4, -0.2) is 5.91 Å². The summed E-state index contributed by atoms with van der Waals surface area (Å²) in [6, 6.07) is 7.31. The number of halogens is 2. The molecule has 0 radical (unpaired) electrons. The molecule has 17 heavy (non-hydrogen) atoms. The van der Waals surface area contributed by atoms with Crippen molar-refractivity contribution in [3.63, 3.8) is 0 Å². The fourth-order valence-electron chi connectivity index (χ4n) is 1.36. The Bertz CT molecular complexity index is 567. The Hall–Kier alpha value is -0.840. The first-order valence-corrected chi connectivity index (χ1v) is 6.93. The van der Waals surface area contributed by atoms with Gasteiger partial charge in [-0.3, -0.25) is 4.79 Å². The maximum absolute atomic E-state index is 11.9. The minimum atomic E-state index is -0.153. The number of nitrogens with one attached hydrogen (secondary N) is 1. The highest BCUT2D eigenvalue weighted by atomic mass is 79.9. The first-order chi connectivity index (χ1) is 8.06. The number of anilines is 1. The topological polar surface area (TPSA) is 29.1 Å². The molecule has 0 unspecified atom stereocenters. The van der Waals surface area contributed by atoms with Crippen molar-refractivity contribution in [2.45, 2.75) is 6.92 Å². The van der Waals surface area contributed by atoms with Gasteiger partial charge in [-0.25, -0.2) is 0 Å². The zero-order valence-corrected chi connectivity index (χ0v) is 12.1. The molecule has 0 saturated carbocycles. The van der Waals surface area contributed by atoms with E-state index in [1.807, 2.05) is 19.1 Å². The van der Waals surface area contributed by atoms with Crippen molar-refractivity contribution in [1.29, 1.82) is 0 Å². The fourth-order valence-corrected chi connectivity index (χ4v) is 2.66. The van der Waals surface area contributed by atoms with E-state index in [9.17, 15) is 4.79 Å². The number of rotatable bonds is 2. The van der Waals surface area contributed by atoms with Crippen LogP contribution in [0.3, 0.4) is 0 Å². The first-order valence-electron chi connectivity index (χ1n) is 4.88. The van der Waals surface area contributed by atoms with Crippen LogP contribution in [0.4, 0.5) is 5.69 Å². The summed E-state index contributed by atoms with van der Waals surface area (Å²) in [6.45, 7) is 1.95. The largest absolute Gasteiger partial charge is 0.321 e. The maximum Gasteiger partial charge on any atom is 0.256 e. The van der Waals surface area contributed by atoms with Crippen molar-refractivity contribution >= 4 is 50.5 Å². The zero-order chi connectivity index (χ0) is 12.4. The van der Waals surface area contributed by atoms with Crippen molar-refractivity contribution in [2.75, 3.05) is 5.32 Å². The van der Waals surface area contributed by atoms with Gasteiger partial charge in [0.1, 0.15) is 0 Å². The average molecular weight is 331 g/mol. The second-order valence-electron chi connectivity index (χ2n) is 3.58. The van der Waals surface area contributed by atoms with Gasteiger partial charge in [0.15, 0.2) is 0 Å². The van der Waals surface area contributed by atoms with Gasteiger partial charge >= 0.3 is 0 Å². The van der Waals surface area contributed by atoms with Crippen LogP contribution >= 0.6 is 38.9 Å². The molecule has 88 valence electrons. The molecular formula is C12H9BrClNOS. The third-order valence-corrected chi connectivity index (χ3v) is 4.03. The number of hydrogen-bond acceptors (Lipinski definition) is 2. The van der Waals surface area contributed by atoms with Crippen LogP contribution in [0.25, 0.3) is 0 Å². The molecule has 0 aliphatic carbocycles. The Labute approximate surface area is 117 Å². The van der Waals surface area contributed by atoms with Crippen molar-refractivity contribution < 1.29 is 4.79 Å². The smallest absolute Gasteiger partial charge is 0.256 e. The Morgan fingerprint density at radius 2 is 2.18 bits per heavy atom. The summed E-state index contributed by atoms with van der Waals surface area (Å²) in [7, 11) is 0. The number of amides is 1. The lowest BCUT2D eigenvalue weighted by molar-refractivity contribution is 0.102. The zero-order valence-electron chi connectivity index (χ0n) is 8.96. The van der Waals surface area contributed by atoms with E-state index >= 15 is 0 Å². The number of hydrogen-bond donors (Lipinski definition) is 1. The van der Waals surface area contributed by atoms with E-state index in [-0.39, 0.29) is 5.91 Å². The van der Waals surface area contributed by atoms with Crippen LogP contribution in [-0.2, 0) is 0 Å². The molecule has 0 saturated heterocycles. The summed E-state index contributed by atoms with van der Waals surface area (Å²) >= 11 is 10.8. The highest BCUT2D eigenvalue weighted by Gasteiger charge is 2.10. The summed E-state index contributed by atoms with van der Waals surface area (Å²) < 4.78 is 0.929. The molecule has 0 spiro atoms. The molecule has 1 aromatic carbocycles. The second kappa shape index (κ2) is 5.21. The molecule has 0 bridgehead atoms. The molecule has 0 fully saturated rings. The maximum atomic E-state index is 11.9. The van der Waals surface area contributed by atoms with E-state index < -0.39 is 0 Å². The van der Waals surface area contributed by atoms with E-state index in [2.05, 4.69) is 21.2 Å². The monoisotopic (exact) mass is 329 g/mol. The summed E-state index contributed by atoms with van der Waals surface area (Å²) in [5.74, 6) is -0.153. The van der Waals surface area contributed by atoms with E-state index in [1.54, 1.807) is 17.5 Å². The molecule has 0 aliphatic heterocycles. The normalized spacial score (nSPS) is 10.3. The minimum absolute atomic E-state index is 0.153. The van der Waals surface area contributed by atoms with Crippen LogP contribution in [0.5, 0.6) is 0 Å². The molecule has 1 N–H and O–H groups in total. The van der Waals surface area contributed by atoms with Crippen molar-refractivity contribution in [1.82, 2.24) is 0 Å². The standard InChI is InChI=1S/C12H9BrClNOS/c1-7-2-3-9(14)10(4-7)15-12(16)8-5-11(13)17-6-8/h2-6H,1H3,(H,15,16). The molecule has 1 heterocycles. The summed E-state index contributed by atoms with van der Waals surface area (Å²) in [4.78, 5) is 11.9. The Kier molecular flexibility index (Phi) is 3.86. The molecule has 2 aromatic rings. The Morgan fingerprint density at radius 1 is 1.41 bits per heavy atom. The van der Waals surface area contributed by atoms with Crippen molar-refractivity contribution in [3.8, 4) is 0 Å². The number of carbonyl (C=O) groups excluding carboxylic acids is 1. The molecule has 2 nitrogen and oxygen atoms in total. The van der Waals surface area contributed by atoms with Gasteiger partial charge in [0.25, 0.3) is 5.91 Å². The van der Waals surface area contributed by atoms with Gasteiger partial charge in [-0.2, -0.15) is 0 Å². The Morgan fingerprint density at radius 3 is 2.82 bits per heavy atom. The van der Waals surface area contributed by atoms with Crippen LogP contribution in [0.15, 0.2) is 33.4 Å². The summed E-state index contributed by atoms with van der Waals surface area (Å²) in [6.07, 6.45) is 0. The highest BCUT2D eigenvalue weighted by molar-refractivity contribution is 9.11. The highest BCUT2D eigenvalue weighted by Crippen LogP contribution is 2.25. The lowest BCUT2D eigenvalue weighted by Crippen LogP contribution is -2.11. The number of carbonyl (C=O) groups is 1. The third kappa shape index (κ3) is 3.09. The first kappa shape index (κ1) is 12.6. The molecule has 1 aromatic heterocycles. The van der Waals surface area contributed by atoms with E-state index in [0.29, 0.717) is 16.3 Å². The van der Waals surface area contributed by atoms with E-state index in [0.717, 1.165) is 9.35 Å². The molecule has 2 rings (SSSR count). The van der Waals surface area contributed by atoms with E-state index in [4.69, 9.17) is 11.6 Å². The molecule has 0 atom stereocenters. The van der Waals surface area contributed by atoms with Gasteiger partial charge in [0, 0.05) is 5.38 Å². The van der Waals surface area contributed by atoms with Crippen LogP contribution < -0.4 is 5.32 Å². The predicted molar refractivity (Wildman–Crippen MR) is 76.2 cm³/mol. The Balaban J connectivity index is 2.21.